The van der Waals surface area contributed by atoms with Crippen molar-refractivity contribution in [2.45, 2.75) is 0 Å². The van der Waals surface area contributed by atoms with E-state index in [1.54, 1.807) is 9.80 Å². The zero-order valence-electron chi connectivity index (χ0n) is 5.89. The van der Waals surface area contributed by atoms with Crippen molar-refractivity contribution >= 4 is 16.9 Å². The zero-order valence-corrected chi connectivity index (χ0v) is 5.89. The average molecular weight is 147 g/mol. The summed E-state index contributed by atoms with van der Waals surface area (Å²) in [5.74, 6) is 0.519. The predicted molar refractivity (Wildman–Crippen MR) is 46.4 cm³/mol. The summed E-state index contributed by atoms with van der Waals surface area (Å²) in [6, 6.07) is 0. The summed E-state index contributed by atoms with van der Waals surface area (Å²) in [6.45, 7) is 0. The van der Waals surface area contributed by atoms with E-state index in [1.165, 1.54) is 0 Å². The van der Waals surface area contributed by atoms with Gasteiger partial charge in [0.05, 0.1) is 0 Å². The zero-order chi connectivity index (χ0) is 6.73. The van der Waals surface area contributed by atoms with E-state index in [4.69, 9.17) is 5.41 Å². The fraction of sp³-hybridized carbons (Fsp3) is 0.800. The van der Waals surface area contributed by atoms with Crippen LogP contribution in [0.25, 0.3) is 0 Å². The molecule has 0 unspecified atom stereocenters. The van der Waals surface area contributed by atoms with E-state index in [1.807, 2.05) is 28.2 Å². The van der Waals surface area contributed by atoms with Crippen molar-refractivity contribution in [1.29, 1.82) is 5.41 Å². The number of nitrogens with zero attached hydrogens (tertiary/aromatic N) is 2. The molecule has 0 bridgehead atoms. The van der Waals surface area contributed by atoms with Crippen LogP contribution in [0.4, 0.5) is 0 Å². The first-order valence-electron chi connectivity index (χ1n) is 2.49. The van der Waals surface area contributed by atoms with Gasteiger partial charge in [0.25, 0.3) is 0 Å². The molecule has 0 aliphatic heterocycles. The van der Waals surface area contributed by atoms with Gasteiger partial charge in [-0.05, 0) is 11.0 Å². The summed E-state index contributed by atoms with van der Waals surface area (Å²) in [7, 11) is 7.40. The molecule has 0 aliphatic rings. The molecule has 0 atom stereocenters. The molecule has 4 heteroatoms. The largest absolute Gasteiger partial charge is 0.349 e. The number of hydrogen-bond acceptors (Lipinski definition) is 1. The third-order valence-electron chi connectivity index (χ3n) is 0.847. The first kappa shape index (κ1) is 11.3. The van der Waals surface area contributed by atoms with Crippen molar-refractivity contribution in [3.63, 3.8) is 0 Å². The molecule has 0 saturated carbocycles. The van der Waals surface area contributed by atoms with Crippen LogP contribution in [0, 0.1) is 5.41 Å². The molecule has 0 heterocycles. The molecule has 0 spiro atoms. The van der Waals surface area contributed by atoms with Gasteiger partial charge in [-0.25, -0.2) is 0 Å². The first-order valence-corrected chi connectivity index (χ1v) is 2.49. The molecular formula is C5H17N3Si. The van der Waals surface area contributed by atoms with E-state index < -0.39 is 0 Å². The van der Waals surface area contributed by atoms with Crippen LogP contribution in [0.15, 0.2) is 0 Å². The maximum Gasteiger partial charge on any atom is 0.192 e. The molecule has 3 nitrogen and oxygen atoms in total. The molecule has 0 rings (SSSR count). The van der Waals surface area contributed by atoms with Crippen molar-refractivity contribution in [3.8, 4) is 0 Å². The third-order valence-corrected chi connectivity index (χ3v) is 0.847. The highest BCUT2D eigenvalue weighted by molar-refractivity contribution is 5.75. The van der Waals surface area contributed by atoms with Gasteiger partial charge in [0, 0.05) is 28.2 Å². The van der Waals surface area contributed by atoms with Crippen LogP contribution in [0.5, 0.6) is 0 Å². The molecule has 9 heavy (non-hydrogen) atoms. The van der Waals surface area contributed by atoms with Crippen molar-refractivity contribution in [2.75, 3.05) is 28.2 Å². The van der Waals surface area contributed by atoms with E-state index in [2.05, 4.69) is 0 Å². The second-order valence-electron chi connectivity index (χ2n) is 2.11. The van der Waals surface area contributed by atoms with Gasteiger partial charge in [-0.3, -0.25) is 5.41 Å². The maximum absolute atomic E-state index is 7.25. The van der Waals surface area contributed by atoms with E-state index in [-0.39, 0.29) is 11.0 Å². The minimum Gasteiger partial charge on any atom is -0.349 e. The summed E-state index contributed by atoms with van der Waals surface area (Å²) in [5, 5.41) is 7.25. The monoisotopic (exact) mass is 147 g/mol. The highest BCUT2D eigenvalue weighted by Gasteiger charge is 1.97. The fourth-order valence-electron chi connectivity index (χ4n) is 0.400. The minimum atomic E-state index is 0. The molecule has 56 valence electrons. The van der Waals surface area contributed by atoms with Crippen molar-refractivity contribution in [3.05, 3.63) is 0 Å². The summed E-state index contributed by atoms with van der Waals surface area (Å²) in [5.41, 5.74) is 0. The van der Waals surface area contributed by atoms with Gasteiger partial charge >= 0.3 is 0 Å². The van der Waals surface area contributed by atoms with E-state index >= 15 is 0 Å². The number of rotatable bonds is 0. The summed E-state index contributed by atoms with van der Waals surface area (Å²) in [4.78, 5) is 3.50. The Hall–Kier alpha value is -0.513. The standard InChI is InChI=1S/C5H13N3.H4Si/c1-7(2)5(6)8(3)4;/h6H,1-4H3;1H4. The molecule has 0 radical (unpaired) electrons. The lowest BCUT2D eigenvalue weighted by Gasteiger charge is -2.19. The second kappa shape index (κ2) is 4.37. The third kappa shape index (κ3) is 4.02. The van der Waals surface area contributed by atoms with Crippen LogP contribution in [-0.4, -0.2) is 54.9 Å². The summed E-state index contributed by atoms with van der Waals surface area (Å²) >= 11 is 0. The van der Waals surface area contributed by atoms with Gasteiger partial charge < -0.3 is 9.80 Å². The Bertz CT molecular complexity index is 80.2. The van der Waals surface area contributed by atoms with Crippen LogP contribution in [0.3, 0.4) is 0 Å². The molecule has 0 aromatic carbocycles. The topological polar surface area (TPSA) is 30.3 Å². The van der Waals surface area contributed by atoms with Crippen molar-refractivity contribution in [2.24, 2.45) is 0 Å². The van der Waals surface area contributed by atoms with Crippen LogP contribution < -0.4 is 0 Å². The molecule has 0 fully saturated rings. The lowest BCUT2D eigenvalue weighted by Crippen LogP contribution is -2.34. The number of nitrogens with one attached hydrogen (secondary N) is 1. The number of guanidine groups is 1. The quantitative estimate of drug-likeness (QED) is 0.259. The Morgan fingerprint density at radius 1 is 1.00 bits per heavy atom. The van der Waals surface area contributed by atoms with Gasteiger partial charge in [-0.1, -0.05) is 0 Å². The van der Waals surface area contributed by atoms with Gasteiger partial charge in [0.1, 0.15) is 0 Å². The summed E-state index contributed by atoms with van der Waals surface area (Å²) < 4.78 is 0. The highest BCUT2D eigenvalue weighted by Crippen LogP contribution is 1.80. The number of hydrogen-bond donors (Lipinski definition) is 1. The lowest BCUT2D eigenvalue weighted by molar-refractivity contribution is 0.478. The van der Waals surface area contributed by atoms with Gasteiger partial charge in [0.2, 0.25) is 0 Å². The Morgan fingerprint density at radius 2 is 1.22 bits per heavy atom. The molecule has 0 aromatic rings. The van der Waals surface area contributed by atoms with Gasteiger partial charge in [-0.15, -0.1) is 0 Å². The van der Waals surface area contributed by atoms with Crippen LogP contribution in [-0.2, 0) is 0 Å². The minimum absolute atomic E-state index is 0. The Labute approximate surface area is 61.2 Å². The Balaban J connectivity index is 0. The lowest BCUT2D eigenvalue weighted by atomic mass is 10.7. The van der Waals surface area contributed by atoms with Gasteiger partial charge in [0.15, 0.2) is 5.96 Å². The SMILES string of the molecule is CN(C)C(=N)N(C)C.[SiH4]. The van der Waals surface area contributed by atoms with Crippen molar-refractivity contribution in [1.82, 2.24) is 9.80 Å². The fourth-order valence-corrected chi connectivity index (χ4v) is 0.400. The van der Waals surface area contributed by atoms with Crippen molar-refractivity contribution < 1.29 is 0 Å². The normalized spacial score (nSPS) is 7.56. The molecule has 1 N–H and O–H groups in total. The highest BCUT2D eigenvalue weighted by atomic mass is 28.1. The van der Waals surface area contributed by atoms with E-state index in [9.17, 15) is 0 Å². The van der Waals surface area contributed by atoms with Gasteiger partial charge in [-0.2, -0.15) is 0 Å². The predicted octanol–water partition coefficient (Wildman–Crippen LogP) is -1.41. The molecule has 0 amide bonds. The molecule has 0 aromatic heterocycles. The van der Waals surface area contributed by atoms with E-state index in [0.29, 0.717) is 5.96 Å². The Morgan fingerprint density at radius 3 is 1.22 bits per heavy atom. The molecular weight excluding hydrogens is 130 g/mol. The van der Waals surface area contributed by atoms with Crippen LogP contribution in [0.1, 0.15) is 0 Å². The first-order chi connectivity index (χ1) is 3.55. The maximum atomic E-state index is 7.25. The van der Waals surface area contributed by atoms with E-state index in [0.717, 1.165) is 0 Å². The smallest absolute Gasteiger partial charge is 0.192 e. The van der Waals surface area contributed by atoms with Crippen LogP contribution in [0.2, 0.25) is 0 Å². The summed E-state index contributed by atoms with van der Waals surface area (Å²) in [6.07, 6.45) is 0. The molecule has 0 saturated heterocycles. The average Bonchev–Trinajstić information content (AvgIpc) is 1.64. The second-order valence-corrected chi connectivity index (χ2v) is 2.11. The Kier molecular flexibility index (Phi) is 5.49. The van der Waals surface area contributed by atoms with Crippen LogP contribution >= 0.6 is 0 Å². The molecule has 0 aliphatic carbocycles.